The molecule has 1 N–H and O–H groups in total. The summed E-state index contributed by atoms with van der Waals surface area (Å²) in [7, 11) is 4.10. The number of hydrogen-bond donors (Lipinski definition) is 1. The predicted octanol–water partition coefficient (Wildman–Crippen LogP) is 1.35. The maximum atomic E-state index is 9.20. The highest BCUT2D eigenvalue weighted by molar-refractivity contribution is 4.77. The normalized spacial score (nSPS) is 12.5. The smallest absolute Gasteiger partial charge is 0.0499 e. The Hall–Kier alpha value is -0.0800. The third-order valence-electron chi connectivity index (χ3n) is 2.49. The maximum absolute atomic E-state index is 9.20. The lowest BCUT2D eigenvalue weighted by Gasteiger charge is -2.32. The van der Waals surface area contributed by atoms with E-state index in [1.165, 1.54) is 0 Å². The minimum absolute atomic E-state index is 0.128. The van der Waals surface area contributed by atoms with Gasteiger partial charge in [-0.25, -0.2) is 0 Å². The van der Waals surface area contributed by atoms with Crippen LogP contribution in [0.25, 0.3) is 0 Å². The van der Waals surface area contributed by atoms with E-state index in [0.29, 0.717) is 6.61 Å². The van der Waals surface area contributed by atoms with Crippen LogP contribution in [0.3, 0.4) is 0 Å². The van der Waals surface area contributed by atoms with Crippen LogP contribution in [0.15, 0.2) is 0 Å². The second-order valence-corrected chi connectivity index (χ2v) is 3.60. The van der Waals surface area contributed by atoms with Gasteiger partial charge >= 0.3 is 0 Å². The molecule has 0 saturated carbocycles. The van der Waals surface area contributed by atoms with Crippen molar-refractivity contribution in [2.24, 2.45) is 5.41 Å². The SMILES string of the molecule is CCC(CC)(CO)CN(C)C. The molecule has 0 aliphatic heterocycles. The Balaban J connectivity index is 4.05. The Bertz CT molecular complexity index is 89.5. The first kappa shape index (κ1) is 10.9. The van der Waals surface area contributed by atoms with Gasteiger partial charge in [-0.2, -0.15) is 0 Å². The third-order valence-corrected chi connectivity index (χ3v) is 2.49. The molecule has 0 unspecified atom stereocenters. The largest absolute Gasteiger partial charge is 0.396 e. The van der Waals surface area contributed by atoms with E-state index >= 15 is 0 Å². The third kappa shape index (κ3) is 3.21. The zero-order valence-corrected chi connectivity index (χ0v) is 8.22. The molecule has 0 fully saturated rings. The van der Waals surface area contributed by atoms with Crippen LogP contribution in [-0.4, -0.2) is 37.3 Å². The van der Waals surface area contributed by atoms with Gasteiger partial charge in [-0.15, -0.1) is 0 Å². The van der Waals surface area contributed by atoms with Crippen LogP contribution in [0.1, 0.15) is 26.7 Å². The number of aliphatic hydroxyl groups excluding tert-OH is 1. The van der Waals surface area contributed by atoms with Crippen molar-refractivity contribution in [3.63, 3.8) is 0 Å². The number of nitrogens with zero attached hydrogens (tertiary/aromatic N) is 1. The monoisotopic (exact) mass is 159 g/mol. The van der Waals surface area contributed by atoms with Crippen molar-refractivity contribution in [3.8, 4) is 0 Å². The van der Waals surface area contributed by atoms with Gasteiger partial charge in [0.15, 0.2) is 0 Å². The van der Waals surface area contributed by atoms with Crippen molar-refractivity contribution in [2.45, 2.75) is 26.7 Å². The first-order valence-electron chi connectivity index (χ1n) is 4.36. The summed E-state index contributed by atoms with van der Waals surface area (Å²) in [6, 6.07) is 0. The van der Waals surface area contributed by atoms with Crippen LogP contribution < -0.4 is 0 Å². The molecule has 0 aromatic heterocycles. The van der Waals surface area contributed by atoms with Crippen LogP contribution >= 0.6 is 0 Å². The Labute approximate surface area is 70.2 Å². The van der Waals surface area contributed by atoms with Crippen molar-refractivity contribution in [3.05, 3.63) is 0 Å². The van der Waals surface area contributed by atoms with E-state index in [0.717, 1.165) is 19.4 Å². The number of aliphatic hydroxyl groups is 1. The molecular weight excluding hydrogens is 138 g/mol. The van der Waals surface area contributed by atoms with E-state index in [-0.39, 0.29) is 5.41 Å². The van der Waals surface area contributed by atoms with Gasteiger partial charge in [0, 0.05) is 18.6 Å². The van der Waals surface area contributed by atoms with E-state index in [4.69, 9.17) is 0 Å². The van der Waals surface area contributed by atoms with Crippen LogP contribution in [0.5, 0.6) is 0 Å². The average molecular weight is 159 g/mol. The quantitative estimate of drug-likeness (QED) is 0.654. The van der Waals surface area contributed by atoms with E-state index in [2.05, 4.69) is 32.8 Å². The summed E-state index contributed by atoms with van der Waals surface area (Å²) in [6.07, 6.45) is 2.11. The highest BCUT2D eigenvalue weighted by Gasteiger charge is 2.25. The summed E-state index contributed by atoms with van der Waals surface area (Å²) < 4.78 is 0. The maximum Gasteiger partial charge on any atom is 0.0499 e. The molecule has 2 heteroatoms. The molecule has 0 spiro atoms. The lowest BCUT2D eigenvalue weighted by atomic mass is 9.83. The van der Waals surface area contributed by atoms with Gasteiger partial charge in [-0.3, -0.25) is 0 Å². The van der Waals surface area contributed by atoms with Crippen molar-refractivity contribution in [1.29, 1.82) is 0 Å². The average Bonchev–Trinajstić information content (AvgIpc) is 2.00. The minimum atomic E-state index is 0.128. The molecule has 0 atom stereocenters. The van der Waals surface area contributed by atoms with Gasteiger partial charge in [0.1, 0.15) is 0 Å². The molecule has 0 saturated heterocycles. The Morgan fingerprint density at radius 3 is 1.73 bits per heavy atom. The molecule has 0 heterocycles. The fourth-order valence-electron chi connectivity index (χ4n) is 1.42. The fourth-order valence-corrected chi connectivity index (χ4v) is 1.42. The van der Waals surface area contributed by atoms with Crippen molar-refractivity contribution >= 4 is 0 Å². The number of rotatable bonds is 5. The van der Waals surface area contributed by atoms with Gasteiger partial charge < -0.3 is 10.0 Å². The second kappa shape index (κ2) is 4.73. The molecule has 0 aliphatic rings. The molecule has 0 radical (unpaired) electrons. The van der Waals surface area contributed by atoms with E-state index in [1.807, 2.05) is 0 Å². The van der Waals surface area contributed by atoms with Gasteiger partial charge in [-0.05, 0) is 26.9 Å². The highest BCUT2D eigenvalue weighted by Crippen LogP contribution is 2.25. The first-order valence-corrected chi connectivity index (χ1v) is 4.36. The minimum Gasteiger partial charge on any atom is -0.396 e. The van der Waals surface area contributed by atoms with Gasteiger partial charge in [0.2, 0.25) is 0 Å². The van der Waals surface area contributed by atoms with E-state index in [1.54, 1.807) is 0 Å². The topological polar surface area (TPSA) is 23.5 Å². The van der Waals surface area contributed by atoms with Crippen LogP contribution in [-0.2, 0) is 0 Å². The summed E-state index contributed by atoms with van der Waals surface area (Å²) in [5.41, 5.74) is 0.128. The predicted molar refractivity (Wildman–Crippen MR) is 48.7 cm³/mol. The van der Waals surface area contributed by atoms with Crippen molar-refractivity contribution in [1.82, 2.24) is 4.90 Å². The lowest BCUT2D eigenvalue weighted by molar-refractivity contribution is 0.0839. The zero-order valence-electron chi connectivity index (χ0n) is 8.22. The Morgan fingerprint density at radius 2 is 1.64 bits per heavy atom. The van der Waals surface area contributed by atoms with E-state index < -0.39 is 0 Å². The Morgan fingerprint density at radius 1 is 1.18 bits per heavy atom. The molecule has 68 valence electrons. The molecule has 0 rings (SSSR count). The number of hydrogen-bond acceptors (Lipinski definition) is 2. The van der Waals surface area contributed by atoms with Gasteiger partial charge in [0.25, 0.3) is 0 Å². The lowest BCUT2D eigenvalue weighted by Crippen LogP contribution is -2.35. The van der Waals surface area contributed by atoms with Gasteiger partial charge in [0.05, 0.1) is 0 Å². The Kier molecular flexibility index (Phi) is 4.69. The molecule has 0 aromatic rings. The van der Waals surface area contributed by atoms with Crippen LogP contribution in [0, 0.1) is 5.41 Å². The summed E-state index contributed by atoms with van der Waals surface area (Å²) in [6.45, 7) is 5.57. The van der Waals surface area contributed by atoms with Crippen molar-refractivity contribution in [2.75, 3.05) is 27.2 Å². The van der Waals surface area contributed by atoms with Crippen LogP contribution in [0.4, 0.5) is 0 Å². The summed E-state index contributed by atoms with van der Waals surface area (Å²) >= 11 is 0. The van der Waals surface area contributed by atoms with Crippen molar-refractivity contribution < 1.29 is 5.11 Å². The second-order valence-electron chi connectivity index (χ2n) is 3.60. The first-order chi connectivity index (χ1) is 5.10. The van der Waals surface area contributed by atoms with Crippen LogP contribution in [0.2, 0.25) is 0 Å². The highest BCUT2D eigenvalue weighted by atomic mass is 16.3. The molecular formula is C9H21NO. The van der Waals surface area contributed by atoms with E-state index in [9.17, 15) is 5.11 Å². The summed E-state index contributed by atoms with van der Waals surface area (Å²) in [5.74, 6) is 0. The summed E-state index contributed by atoms with van der Waals surface area (Å²) in [4.78, 5) is 2.14. The molecule has 0 aliphatic carbocycles. The summed E-state index contributed by atoms with van der Waals surface area (Å²) in [5, 5.41) is 9.20. The van der Waals surface area contributed by atoms with Gasteiger partial charge in [-0.1, -0.05) is 13.8 Å². The molecule has 0 amide bonds. The molecule has 0 aromatic carbocycles. The molecule has 11 heavy (non-hydrogen) atoms. The standard InChI is InChI=1S/C9H21NO/c1-5-9(6-2,8-11)7-10(3)4/h11H,5-8H2,1-4H3. The zero-order chi connectivity index (χ0) is 8.91. The molecule has 0 bridgehead atoms. The molecule has 2 nitrogen and oxygen atoms in total. The fraction of sp³-hybridized carbons (Fsp3) is 1.00.